The van der Waals surface area contributed by atoms with Gasteiger partial charge in [-0.15, -0.1) is 0 Å². The van der Waals surface area contributed by atoms with Crippen LogP contribution in [0.4, 0.5) is 0 Å². The summed E-state index contributed by atoms with van der Waals surface area (Å²) in [6.07, 6.45) is 3.10. The van der Waals surface area contributed by atoms with Gasteiger partial charge in [-0.25, -0.2) is 0 Å². The summed E-state index contributed by atoms with van der Waals surface area (Å²) < 4.78 is 4.85. The van der Waals surface area contributed by atoms with Crippen molar-refractivity contribution in [1.29, 1.82) is 0 Å². The Morgan fingerprint density at radius 1 is 1.71 bits per heavy atom. The molecule has 0 aliphatic heterocycles. The minimum atomic E-state index is 1.00. The van der Waals surface area contributed by atoms with Gasteiger partial charge in [0.15, 0.2) is 0 Å². The minimum absolute atomic E-state index is 1.00. The lowest BCUT2D eigenvalue weighted by Gasteiger charge is -1.93. The zero-order chi connectivity index (χ0) is 5.70. The molecule has 0 aromatic carbocycles. The summed E-state index contributed by atoms with van der Waals surface area (Å²) in [4.78, 5) is 0. The highest BCUT2D eigenvalue weighted by Gasteiger charge is 1.76. The quantitative estimate of drug-likeness (QED) is 0.482. The number of ether oxygens (including phenoxy) is 1. The van der Waals surface area contributed by atoms with Crippen LogP contribution in [0.25, 0.3) is 0 Å². The van der Waals surface area contributed by atoms with Gasteiger partial charge in [0.1, 0.15) is 0 Å². The summed E-state index contributed by atoms with van der Waals surface area (Å²) in [5, 5.41) is 0. The van der Waals surface area contributed by atoms with Crippen LogP contribution in [-0.4, -0.2) is 7.11 Å². The van der Waals surface area contributed by atoms with Crippen LogP contribution in [0.2, 0.25) is 0 Å². The monoisotopic (exact) mass is 100 g/mol. The van der Waals surface area contributed by atoms with Gasteiger partial charge in [0, 0.05) is 0 Å². The lowest BCUT2D eigenvalue weighted by Crippen LogP contribution is -1.75. The summed E-state index contributed by atoms with van der Waals surface area (Å²) in [6, 6.07) is 0. The first-order valence-electron chi connectivity index (χ1n) is 2.52. The van der Waals surface area contributed by atoms with Crippen LogP contribution >= 0.6 is 0 Å². The van der Waals surface area contributed by atoms with Crippen molar-refractivity contribution >= 4 is 0 Å². The van der Waals surface area contributed by atoms with E-state index < -0.39 is 0 Å². The molecule has 0 aliphatic rings. The first-order chi connectivity index (χ1) is 3.31. The van der Waals surface area contributed by atoms with E-state index >= 15 is 0 Å². The molecule has 0 bridgehead atoms. The summed E-state index contributed by atoms with van der Waals surface area (Å²) in [6.45, 7) is 4.03. The number of allylic oxidation sites excluding steroid dienone is 2. The van der Waals surface area contributed by atoms with E-state index in [1.807, 2.05) is 13.0 Å². The van der Waals surface area contributed by atoms with Crippen molar-refractivity contribution < 1.29 is 4.74 Å². The summed E-state index contributed by atoms with van der Waals surface area (Å²) in [5.41, 5.74) is 0. The predicted molar refractivity (Wildman–Crippen MR) is 31.1 cm³/mol. The molecule has 0 unspecified atom stereocenters. The molecule has 7 heavy (non-hydrogen) atoms. The van der Waals surface area contributed by atoms with Crippen molar-refractivity contribution in [2.75, 3.05) is 7.11 Å². The zero-order valence-electron chi connectivity index (χ0n) is 5.19. The Morgan fingerprint density at radius 2 is 2.29 bits per heavy atom. The van der Waals surface area contributed by atoms with Gasteiger partial charge < -0.3 is 4.74 Å². The Bertz CT molecular complexity index is 64.6. The molecule has 0 atom stereocenters. The lowest BCUT2D eigenvalue weighted by atomic mass is 10.4. The maximum Gasteiger partial charge on any atom is 0.0884 e. The number of hydrogen-bond donors (Lipinski definition) is 0. The second-order valence-corrected chi connectivity index (χ2v) is 1.43. The van der Waals surface area contributed by atoms with Gasteiger partial charge in [-0.3, -0.25) is 0 Å². The molecular formula is C6H12O. The first-order valence-corrected chi connectivity index (χ1v) is 2.52. The van der Waals surface area contributed by atoms with E-state index in [0.717, 1.165) is 12.2 Å². The molecular weight excluding hydrogens is 88.1 g/mol. The third-order valence-electron chi connectivity index (χ3n) is 0.814. The zero-order valence-corrected chi connectivity index (χ0v) is 5.19. The van der Waals surface area contributed by atoms with Gasteiger partial charge in [0.2, 0.25) is 0 Å². The summed E-state index contributed by atoms with van der Waals surface area (Å²) in [5.74, 6) is 1.00. The SMILES string of the molecule is CC/C=C(/C)OC. The Morgan fingerprint density at radius 3 is 2.43 bits per heavy atom. The average Bonchev–Trinajstić information content (AvgIpc) is 1.68. The number of rotatable bonds is 2. The third-order valence-corrected chi connectivity index (χ3v) is 0.814. The Balaban J connectivity index is 3.29. The topological polar surface area (TPSA) is 9.23 Å². The van der Waals surface area contributed by atoms with E-state index in [2.05, 4.69) is 6.92 Å². The standard InChI is InChI=1S/C6H12O/c1-4-5-6(2)7-3/h5H,4H2,1-3H3/b6-5-. The predicted octanol–water partition coefficient (Wildman–Crippen LogP) is 1.95. The maximum atomic E-state index is 4.85. The molecule has 1 nitrogen and oxygen atoms in total. The third kappa shape index (κ3) is 3.37. The molecule has 0 amide bonds. The lowest BCUT2D eigenvalue weighted by molar-refractivity contribution is 0.292. The van der Waals surface area contributed by atoms with E-state index in [9.17, 15) is 0 Å². The van der Waals surface area contributed by atoms with Crippen molar-refractivity contribution in [3.8, 4) is 0 Å². The van der Waals surface area contributed by atoms with Crippen molar-refractivity contribution in [3.05, 3.63) is 11.8 Å². The average molecular weight is 100 g/mol. The van der Waals surface area contributed by atoms with E-state index in [1.54, 1.807) is 7.11 Å². The highest BCUT2D eigenvalue weighted by molar-refractivity contribution is 4.85. The Kier molecular flexibility index (Phi) is 3.48. The van der Waals surface area contributed by atoms with Crippen LogP contribution in [0.1, 0.15) is 20.3 Å². The number of methoxy groups -OCH3 is 1. The van der Waals surface area contributed by atoms with Crippen LogP contribution in [0, 0.1) is 0 Å². The van der Waals surface area contributed by atoms with Gasteiger partial charge in [0.05, 0.1) is 12.9 Å². The molecule has 42 valence electrons. The number of hydrogen-bond acceptors (Lipinski definition) is 1. The first kappa shape index (κ1) is 6.54. The maximum absolute atomic E-state index is 4.85. The molecule has 0 radical (unpaired) electrons. The molecule has 0 N–H and O–H groups in total. The summed E-state index contributed by atoms with van der Waals surface area (Å²) in [7, 11) is 1.68. The molecule has 0 saturated heterocycles. The molecule has 0 heterocycles. The minimum Gasteiger partial charge on any atom is -0.502 e. The Labute approximate surface area is 45.0 Å². The normalized spacial score (nSPS) is 11.6. The second kappa shape index (κ2) is 3.72. The molecule has 0 spiro atoms. The molecule has 0 aromatic heterocycles. The van der Waals surface area contributed by atoms with Crippen molar-refractivity contribution in [1.82, 2.24) is 0 Å². The smallest absolute Gasteiger partial charge is 0.0884 e. The van der Waals surface area contributed by atoms with Crippen LogP contribution in [0.15, 0.2) is 11.8 Å². The molecule has 0 rings (SSSR count). The van der Waals surface area contributed by atoms with Crippen LogP contribution in [-0.2, 0) is 4.74 Å². The molecule has 0 saturated carbocycles. The fraction of sp³-hybridized carbons (Fsp3) is 0.667. The van der Waals surface area contributed by atoms with Crippen LogP contribution in [0.3, 0.4) is 0 Å². The Hall–Kier alpha value is -0.460. The fourth-order valence-corrected chi connectivity index (χ4v) is 0.371. The van der Waals surface area contributed by atoms with E-state index in [1.165, 1.54) is 0 Å². The molecule has 1 heteroatoms. The van der Waals surface area contributed by atoms with Crippen molar-refractivity contribution in [2.45, 2.75) is 20.3 Å². The van der Waals surface area contributed by atoms with Crippen LogP contribution < -0.4 is 0 Å². The van der Waals surface area contributed by atoms with Gasteiger partial charge >= 0.3 is 0 Å². The van der Waals surface area contributed by atoms with Crippen LogP contribution in [0.5, 0.6) is 0 Å². The summed E-state index contributed by atoms with van der Waals surface area (Å²) >= 11 is 0. The molecule has 0 aromatic rings. The van der Waals surface area contributed by atoms with Crippen molar-refractivity contribution in [2.24, 2.45) is 0 Å². The van der Waals surface area contributed by atoms with Gasteiger partial charge in [0.25, 0.3) is 0 Å². The van der Waals surface area contributed by atoms with Gasteiger partial charge in [-0.1, -0.05) is 6.92 Å². The van der Waals surface area contributed by atoms with E-state index in [4.69, 9.17) is 4.74 Å². The molecule has 0 aliphatic carbocycles. The fourth-order valence-electron chi connectivity index (χ4n) is 0.371. The molecule has 0 fully saturated rings. The van der Waals surface area contributed by atoms with Gasteiger partial charge in [-0.2, -0.15) is 0 Å². The van der Waals surface area contributed by atoms with E-state index in [-0.39, 0.29) is 0 Å². The van der Waals surface area contributed by atoms with E-state index in [0.29, 0.717) is 0 Å². The largest absolute Gasteiger partial charge is 0.502 e. The highest BCUT2D eigenvalue weighted by Crippen LogP contribution is 1.92. The van der Waals surface area contributed by atoms with Crippen molar-refractivity contribution in [3.63, 3.8) is 0 Å². The second-order valence-electron chi connectivity index (χ2n) is 1.43. The highest BCUT2D eigenvalue weighted by atomic mass is 16.5. The van der Waals surface area contributed by atoms with Gasteiger partial charge in [-0.05, 0) is 19.4 Å².